The Morgan fingerprint density at radius 3 is 2.89 bits per heavy atom. The van der Waals surface area contributed by atoms with E-state index in [-0.39, 0.29) is 12.4 Å². The highest BCUT2D eigenvalue weighted by atomic mass is 16.4. The number of aliphatic hydroxyl groups is 2. The third-order valence-electron chi connectivity index (χ3n) is 3.04. The third-order valence-corrected chi connectivity index (χ3v) is 3.04. The van der Waals surface area contributed by atoms with Gasteiger partial charge in [0.15, 0.2) is 5.58 Å². The molecule has 1 heterocycles. The Morgan fingerprint density at radius 1 is 1.47 bits per heavy atom. The first-order chi connectivity index (χ1) is 9.01. The first-order valence-electron chi connectivity index (χ1n) is 6.07. The molecule has 1 aromatic carbocycles. The summed E-state index contributed by atoms with van der Waals surface area (Å²) in [5, 5.41) is 18.2. The summed E-state index contributed by atoms with van der Waals surface area (Å²) in [5.41, 5.74) is 2.32. The van der Waals surface area contributed by atoms with E-state index in [0.29, 0.717) is 18.7 Å². The van der Waals surface area contributed by atoms with Crippen LogP contribution in [0.4, 0.5) is 0 Å². The maximum atomic E-state index is 11.4. The number of rotatable bonds is 5. The lowest BCUT2D eigenvalue weighted by Crippen LogP contribution is -2.30. The number of hydrogen-bond acceptors (Lipinski definition) is 5. The highest BCUT2D eigenvalue weighted by Crippen LogP contribution is 2.15. The number of hydrogen-bond donors (Lipinski definition) is 2. The molecule has 0 spiro atoms. The number of aryl methyl sites for hydroxylation is 1. The van der Waals surface area contributed by atoms with Crippen molar-refractivity contribution in [2.24, 2.45) is 7.05 Å². The summed E-state index contributed by atoms with van der Waals surface area (Å²) in [6, 6.07) is 5.54. The fraction of sp³-hybridized carbons (Fsp3) is 0.462. The Kier molecular flexibility index (Phi) is 4.04. The van der Waals surface area contributed by atoms with Gasteiger partial charge in [-0.1, -0.05) is 6.07 Å². The topological polar surface area (TPSA) is 78.8 Å². The Balaban J connectivity index is 2.17. The van der Waals surface area contributed by atoms with E-state index in [1.54, 1.807) is 13.1 Å². The molecule has 1 unspecified atom stereocenters. The van der Waals surface area contributed by atoms with Crippen molar-refractivity contribution in [1.82, 2.24) is 9.47 Å². The van der Waals surface area contributed by atoms with Gasteiger partial charge in [0.1, 0.15) is 0 Å². The van der Waals surface area contributed by atoms with Gasteiger partial charge in [0.2, 0.25) is 0 Å². The van der Waals surface area contributed by atoms with Crippen molar-refractivity contribution in [3.63, 3.8) is 0 Å². The number of aliphatic hydroxyl groups excluding tert-OH is 2. The fourth-order valence-corrected chi connectivity index (χ4v) is 2.06. The Hall–Kier alpha value is -1.63. The van der Waals surface area contributed by atoms with Crippen molar-refractivity contribution < 1.29 is 14.6 Å². The summed E-state index contributed by atoms with van der Waals surface area (Å²) < 4.78 is 6.52. The molecule has 0 bridgehead atoms. The quantitative estimate of drug-likeness (QED) is 0.791. The first-order valence-corrected chi connectivity index (χ1v) is 6.07. The minimum absolute atomic E-state index is 0.250. The van der Waals surface area contributed by atoms with Gasteiger partial charge in [-0.2, -0.15) is 0 Å². The lowest BCUT2D eigenvalue weighted by Gasteiger charge is -2.19. The third kappa shape index (κ3) is 3.04. The molecule has 2 aromatic rings. The second-order valence-electron chi connectivity index (χ2n) is 4.76. The summed E-state index contributed by atoms with van der Waals surface area (Å²) in [6.45, 7) is 0.755. The van der Waals surface area contributed by atoms with Crippen LogP contribution in [-0.4, -0.2) is 46.0 Å². The molecule has 0 fully saturated rings. The molecule has 1 atom stereocenters. The van der Waals surface area contributed by atoms with Crippen LogP contribution < -0.4 is 5.76 Å². The van der Waals surface area contributed by atoms with Gasteiger partial charge in [0.25, 0.3) is 0 Å². The van der Waals surface area contributed by atoms with Gasteiger partial charge in [0.05, 0.1) is 18.2 Å². The summed E-state index contributed by atoms with van der Waals surface area (Å²) in [4.78, 5) is 13.3. The highest BCUT2D eigenvalue weighted by molar-refractivity contribution is 5.73. The fourth-order valence-electron chi connectivity index (χ4n) is 2.06. The summed E-state index contributed by atoms with van der Waals surface area (Å²) in [5.74, 6) is -0.379. The van der Waals surface area contributed by atoms with Crippen LogP contribution in [0.3, 0.4) is 0 Å². The Morgan fingerprint density at radius 2 is 2.21 bits per heavy atom. The summed E-state index contributed by atoms with van der Waals surface area (Å²) in [7, 11) is 3.52. The number of likely N-dealkylation sites (N-methyl/N-ethyl adjacent to an activating group) is 1. The molecule has 0 saturated heterocycles. The number of nitrogens with zero attached hydrogens (tertiary/aromatic N) is 2. The lowest BCUT2D eigenvalue weighted by atomic mass is 10.2. The summed E-state index contributed by atoms with van der Waals surface area (Å²) >= 11 is 0. The molecule has 0 radical (unpaired) electrons. The molecule has 0 amide bonds. The van der Waals surface area contributed by atoms with E-state index in [4.69, 9.17) is 9.52 Å². The molecular weight excluding hydrogens is 248 g/mol. The van der Waals surface area contributed by atoms with Crippen LogP contribution in [0.1, 0.15) is 5.56 Å². The van der Waals surface area contributed by atoms with E-state index in [1.165, 1.54) is 4.57 Å². The normalized spacial score (nSPS) is 13.3. The molecular formula is C13H18N2O4. The molecule has 0 aliphatic rings. The van der Waals surface area contributed by atoms with Gasteiger partial charge in [-0.05, 0) is 24.7 Å². The number of benzene rings is 1. The second kappa shape index (κ2) is 5.56. The standard InChI is InChI=1S/C13H18N2O4/c1-14(7-10(17)8-16)6-9-3-4-12-11(5-9)15(2)13(18)19-12/h3-5,10,16-17H,6-8H2,1-2H3. The maximum absolute atomic E-state index is 11.4. The average molecular weight is 266 g/mol. The Bertz CT molecular complexity index is 617. The van der Waals surface area contributed by atoms with Gasteiger partial charge in [-0.25, -0.2) is 4.79 Å². The van der Waals surface area contributed by atoms with Crippen LogP contribution in [0.2, 0.25) is 0 Å². The van der Waals surface area contributed by atoms with Crippen LogP contribution in [-0.2, 0) is 13.6 Å². The number of oxazole rings is 1. The molecule has 19 heavy (non-hydrogen) atoms. The minimum Gasteiger partial charge on any atom is -0.408 e. The van der Waals surface area contributed by atoms with Gasteiger partial charge in [-0.3, -0.25) is 9.47 Å². The van der Waals surface area contributed by atoms with Crippen LogP contribution in [0.25, 0.3) is 11.1 Å². The first kappa shape index (κ1) is 13.8. The molecule has 104 valence electrons. The number of aromatic nitrogens is 1. The SMILES string of the molecule is CN(Cc1ccc2oc(=O)n(C)c2c1)CC(O)CO. The van der Waals surface area contributed by atoms with Crippen LogP contribution in [0, 0.1) is 0 Å². The molecule has 2 N–H and O–H groups in total. The van der Waals surface area contributed by atoms with E-state index in [9.17, 15) is 9.90 Å². The van der Waals surface area contributed by atoms with Crippen molar-refractivity contribution in [2.75, 3.05) is 20.2 Å². The summed E-state index contributed by atoms with van der Waals surface area (Å²) in [6.07, 6.45) is -0.744. The predicted molar refractivity (Wildman–Crippen MR) is 70.9 cm³/mol. The zero-order valence-corrected chi connectivity index (χ0v) is 11.0. The maximum Gasteiger partial charge on any atom is 0.419 e. The van der Waals surface area contributed by atoms with Gasteiger partial charge in [-0.15, -0.1) is 0 Å². The van der Waals surface area contributed by atoms with E-state index >= 15 is 0 Å². The number of fused-ring (bicyclic) bond motifs is 1. The molecule has 2 rings (SSSR count). The Labute approximate surface area is 110 Å². The largest absolute Gasteiger partial charge is 0.419 e. The van der Waals surface area contributed by atoms with Crippen molar-refractivity contribution >= 4 is 11.1 Å². The van der Waals surface area contributed by atoms with Crippen molar-refractivity contribution in [1.29, 1.82) is 0 Å². The smallest absolute Gasteiger partial charge is 0.408 e. The second-order valence-corrected chi connectivity index (χ2v) is 4.76. The zero-order valence-electron chi connectivity index (χ0n) is 11.0. The monoisotopic (exact) mass is 266 g/mol. The van der Waals surface area contributed by atoms with Gasteiger partial charge < -0.3 is 14.6 Å². The molecule has 1 aromatic heterocycles. The van der Waals surface area contributed by atoms with E-state index < -0.39 is 6.10 Å². The highest BCUT2D eigenvalue weighted by Gasteiger charge is 2.10. The zero-order chi connectivity index (χ0) is 14.0. The predicted octanol–water partition coefficient (Wildman–Crippen LogP) is -0.0835. The van der Waals surface area contributed by atoms with Crippen LogP contribution >= 0.6 is 0 Å². The van der Waals surface area contributed by atoms with Crippen molar-refractivity contribution in [2.45, 2.75) is 12.6 Å². The lowest BCUT2D eigenvalue weighted by molar-refractivity contribution is 0.0648. The van der Waals surface area contributed by atoms with E-state index in [0.717, 1.165) is 11.1 Å². The van der Waals surface area contributed by atoms with E-state index in [2.05, 4.69) is 0 Å². The molecule has 6 nitrogen and oxygen atoms in total. The average Bonchev–Trinajstić information content (AvgIpc) is 2.65. The van der Waals surface area contributed by atoms with Crippen LogP contribution in [0.15, 0.2) is 27.4 Å². The molecule has 0 aliphatic heterocycles. The molecule has 6 heteroatoms. The van der Waals surface area contributed by atoms with E-state index in [1.807, 2.05) is 24.1 Å². The van der Waals surface area contributed by atoms with Gasteiger partial charge in [0, 0.05) is 20.1 Å². The van der Waals surface area contributed by atoms with Crippen molar-refractivity contribution in [3.8, 4) is 0 Å². The van der Waals surface area contributed by atoms with Gasteiger partial charge >= 0.3 is 5.76 Å². The molecule has 0 saturated carbocycles. The van der Waals surface area contributed by atoms with Crippen LogP contribution in [0.5, 0.6) is 0 Å². The minimum atomic E-state index is -0.744. The molecule has 0 aliphatic carbocycles. The van der Waals surface area contributed by atoms with Crippen molar-refractivity contribution in [3.05, 3.63) is 34.3 Å².